The summed E-state index contributed by atoms with van der Waals surface area (Å²) in [4.78, 5) is 21.2. The maximum Gasteiger partial charge on any atom is 0.305 e. The molecule has 7 nitrogen and oxygen atoms in total. The Balaban J connectivity index is 2.04. The summed E-state index contributed by atoms with van der Waals surface area (Å²) in [5.41, 5.74) is 3.74. The molecule has 0 fully saturated rings. The van der Waals surface area contributed by atoms with Gasteiger partial charge in [0.15, 0.2) is 0 Å². The maximum atomic E-state index is 13.6. The van der Waals surface area contributed by atoms with Crippen molar-refractivity contribution < 1.29 is 28.9 Å². The van der Waals surface area contributed by atoms with E-state index >= 15 is 0 Å². The number of aliphatic hydroxyl groups excluding tert-OH is 1. The molecule has 1 aromatic heterocycles. The lowest BCUT2D eigenvalue weighted by Gasteiger charge is -2.16. The van der Waals surface area contributed by atoms with Gasteiger partial charge in [-0.2, -0.15) is 5.10 Å². The van der Waals surface area contributed by atoms with E-state index in [1.54, 1.807) is 16.8 Å². The molecule has 0 aliphatic heterocycles. The first kappa shape index (κ1) is 24.8. The van der Waals surface area contributed by atoms with Crippen LogP contribution in [0.5, 0.6) is 0 Å². The maximum absolute atomic E-state index is 13.6. The number of para-hydroxylation sites is 1. The summed E-state index contributed by atoms with van der Waals surface area (Å²) >= 11 is 0. The van der Waals surface area contributed by atoms with Crippen LogP contribution in [0, 0.1) is 5.82 Å². The summed E-state index contributed by atoms with van der Waals surface area (Å²) in [6, 6.07) is 15.5. The van der Waals surface area contributed by atoms with E-state index in [9.17, 15) is 23.7 Å². The number of hydrogen-bond acceptors (Lipinski definition) is 4. The monoisotopic (exact) mass is 474 g/mol. The van der Waals surface area contributed by atoms with Crippen LogP contribution in [-0.4, -0.2) is 49.3 Å². The molecule has 3 rings (SSSR count). The Morgan fingerprint density at radius 1 is 1.12 bits per heavy atom. The number of benzene rings is 2. The highest BCUT2D eigenvalue weighted by atomic mass is 31.2. The van der Waals surface area contributed by atoms with E-state index in [0.717, 1.165) is 16.9 Å². The molecule has 1 heterocycles. The third kappa shape index (κ3) is 6.38. The highest BCUT2D eigenvalue weighted by molar-refractivity contribution is 7.58. The zero-order valence-electron chi connectivity index (χ0n) is 18.6. The van der Waals surface area contributed by atoms with Crippen LogP contribution in [0.3, 0.4) is 0 Å². The van der Waals surface area contributed by atoms with Gasteiger partial charge in [-0.1, -0.05) is 32.0 Å². The number of rotatable bonds is 10. The molecule has 3 aromatic rings. The number of hydrogen-bond donors (Lipinski definition) is 3. The predicted octanol–water partition coefficient (Wildman–Crippen LogP) is 4.45. The van der Waals surface area contributed by atoms with E-state index in [4.69, 9.17) is 10.2 Å². The molecular weight excluding hydrogens is 446 g/mol. The zero-order chi connectivity index (χ0) is 24.2. The molecule has 0 aliphatic carbocycles. The van der Waals surface area contributed by atoms with Gasteiger partial charge in [0.25, 0.3) is 0 Å². The van der Waals surface area contributed by atoms with Gasteiger partial charge >= 0.3 is 5.97 Å². The third-order valence-electron chi connectivity index (χ3n) is 5.30. The number of halogens is 1. The lowest BCUT2D eigenvalue weighted by Crippen LogP contribution is -2.18. The van der Waals surface area contributed by atoms with Gasteiger partial charge in [-0.15, -0.1) is 0 Å². The molecule has 0 spiro atoms. The molecule has 2 aromatic carbocycles. The van der Waals surface area contributed by atoms with Gasteiger partial charge in [0.05, 0.1) is 35.8 Å². The van der Waals surface area contributed by atoms with E-state index < -0.39 is 32.0 Å². The van der Waals surface area contributed by atoms with E-state index in [-0.39, 0.29) is 24.3 Å². The summed E-state index contributed by atoms with van der Waals surface area (Å²) in [5.74, 6) is -1.59. The molecule has 0 saturated carbocycles. The first-order valence-corrected chi connectivity index (χ1v) is 12.7. The van der Waals surface area contributed by atoms with Crippen molar-refractivity contribution >= 4 is 13.3 Å². The Hall–Kier alpha value is -2.80. The summed E-state index contributed by atoms with van der Waals surface area (Å²) in [5, 5.41) is 23.5. The summed E-state index contributed by atoms with van der Waals surface area (Å²) in [7, 11) is -3.81. The van der Waals surface area contributed by atoms with Crippen LogP contribution in [0.1, 0.15) is 37.4 Å². The lowest BCUT2D eigenvalue weighted by atomic mass is 9.98. The van der Waals surface area contributed by atoms with Crippen LogP contribution < -0.4 is 0 Å². The minimum Gasteiger partial charge on any atom is -0.481 e. The predicted molar refractivity (Wildman–Crippen MR) is 125 cm³/mol. The van der Waals surface area contributed by atoms with Gasteiger partial charge in [0.1, 0.15) is 5.82 Å². The number of aliphatic carboxylic acids is 1. The molecule has 9 heteroatoms. The summed E-state index contributed by atoms with van der Waals surface area (Å²) in [6.07, 6.45) is -2.42. The van der Waals surface area contributed by atoms with E-state index in [0.29, 0.717) is 11.3 Å². The Morgan fingerprint density at radius 2 is 1.76 bits per heavy atom. The van der Waals surface area contributed by atoms with Crippen LogP contribution in [0.25, 0.3) is 16.9 Å². The molecule has 2 atom stereocenters. The second kappa shape index (κ2) is 10.4. The minimum atomic E-state index is -3.81. The Kier molecular flexibility index (Phi) is 7.84. The van der Waals surface area contributed by atoms with E-state index in [1.165, 1.54) is 12.1 Å². The van der Waals surface area contributed by atoms with Gasteiger partial charge in [-0.05, 0) is 48.7 Å². The minimum absolute atomic E-state index is 0.0137. The van der Waals surface area contributed by atoms with Crippen molar-refractivity contribution in [3.05, 3.63) is 71.7 Å². The molecule has 3 N–H and O–H groups in total. The van der Waals surface area contributed by atoms with Gasteiger partial charge < -0.3 is 15.1 Å². The zero-order valence-corrected chi connectivity index (χ0v) is 19.5. The fourth-order valence-corrected chi connectivity index (χ4v) is 5.35. The number of aliphatic hydroxyl groups is 1. The van der Waals surface area contributed by atoms with Crippen LogP contribution in [0.2, 0.25) is 0 Å². The summed E-state index contributed by atoms with van der Waals surface area (Å²) in [6.45, 7) is 3.95. The van der Waals surface area contributed by atoms with Crippen molar-refractivity contribution in [1.82, 2.24) is 9.78 Å². The standard InChI is InChI=1S/C24H28FN2O5P/c1-16(2)23-21(12-13-33(31,32)15-20(28)14-22(29)30)24(17-8-10-18(25)11-9-17)27(26-23)19-6-4-3-5-7-19/h3-11,16,20,28H,12-15H2,1-2H3,(H,29,30)(H,31,32). The number of carboxylic acids is 1. The van der Waals surface area contributed by atoms with Crippen LogP contribution in [0.15, 0.2) is 54.6 Å². The number of aromatic nitrogens is 2. The second-order valence-electron chi connectivity index (χ2n) is 8.38. The first-order chi connectivity index (χ1) is 15.6. The van der Waals surface area contributed by atoms with Crippen molar-refractivity contribution in [2.24, 2.45) is 0 Å². The lowest BCUT2D eigenvalue weighted by molar-refractivity contribution is -0.138. The molecule has 0 radical (unpaired) electrons. The van der Waals surface area contributed by atoms with Gasteiger partial charge in [0, 0.05) is 17.3 Å². The van der Waals surface area contributed by atoms with Crippen LogP contribution in [-0.2, 0) is 15.8 Å². The highest BCUT2D eigenvalue weighted by Crippen LogP contribution is 2.44. The quantitative estimate of drug-likeness (QED) is 0.374. The molecule has 176 valence electrons. The van der Waals surface area contributed by atoms with Gasteiger partial charge in [0.2, 0.25) is 7.37 Å². The molecule has 0 saturated heterocycles. The molecule has 33 heavy (non-hydrogen) atoms. The first-order valence-electron chi connectivity index (χ1n) is 10.7. The molecule has 0 amide bonds. The van der Waals surface area contributed by atoms with E-state index in [1.807, 2.05) is 44.2 Å². The fourth-order valence-electron chi connectivity index (χ4n) is 3.81. The van der Waals surface area contributed by atoms with Crippen molar-refractivity contribution in [1.29, 1.82) is 0 Å². The Labute approximate surface area is 192 Å². The smallest absolute Gasteiger partial charge is 0.305 e. The average Bonchev–Trinajstić information content (AvgIpc) is 3.12. The van der Waals surface area contributed by atoms with Crippen LogP contribution >= 0.6 is 7.37 Å². The van der Waals surface area contributed by atoms with Crippen molar-refractivity contribution in [2.45, 2.75) is 38.7 Å². The summed E-state index contributed by atoms with van der Waals surface area (Å²) < 4.78 is 28.1. The topological polar surface area (TPSA) is 113 Å². The third-order valence-corrected chi connectivity index (χ3v) is 7.21. The molecule has 0 aliphatic rings. The van der Waals surface area contributed by atoms with E-state index in [2.05, 4.69) is 0 Å². The fraction of sp³-hybridized carbons (Fsp3) is 0.333. The van der Waals surface area contributed by atoms with Crippen molar-refractivity contribution in [3.63, 3.8) is 0 Å². The normalized spacial score (nSPS) is 14.2. The molecular formula is C24H28FN2O5P. The van der Waals surface area contributed by atoms with Crippen LogP contribution in [0.4, 0.5) is 4.39 Å². The molecule has 2 unspecified atom stereocenters. The number of carbonyl (C=O) groups is 1. The highest BCUT2D eigenvalue weighted by Gasteiger charge is 2.28. The Morgan fingerprint density at radius 3 is 2.33 bits per heavy atom. The number of carboxylic acid groups (broad SMARTS) is 1. The largest absolute Gasteiger partial charge is 0.481 e. The Bertz CT molecular complexity index is 1150. The van der Waals surface area contributed by atoms with Gasteiger partial charge in [-0.3, -0.25) is 9.36 Å². The van der Waals surface area contributed by atoms with Gasteiger partial charge in [-0.25, -0.2) is 9.07 Å². The molecule has 0 bridgehead atoms. The SMILES string of the molecule is CC(C)c1nn(-c2ccccc2)c(-c2ccc(F)cc2)c1CCP(=O)(O)CC(O)CC(=O)O. The second-order valence-corrected chi connectivity index (χ2v) is 10.9. The average molecular weight is 474 g/mol. The number of nitrogens with zero attached hydrogens (tertiary/aromatic N) is 2. The van der Waals surface area contributed by atoms with Crippen molar-refractivity contribution in [2.75, 3.05) is 12.3 Å². The van der Waals surface area contributed by atoms with Crippen molar-refractivity contribution in [3.8, 4) is 16.9 Å².